The lowest BCUT2D eigenvalue weighted by Gasteiger charge is -2.20. The second-order valence-electron chi connectivity index (χ2n) is 5.68. The molecule has 2 heterocycles. The number of benzene rings is 1. The molecule has 0 bridgehead atoms. The van der Waals surface area contributed by atoms with Crippen LogP contribution in [0.1, 0.15) is 25.8 Å². The van der Waals surface area contributed by atoms with Crippen molar-refractivity contribution < 1.29 is 14.3 Å². The maximum Gasteiger partial charge on any atom is 0.233 e. The van der Waals surface area contributed by atoms with E-state index in [-0.39, 0.29) is 12.7 Å². The van der Waals surface area contributed by atoms with Crippen LogP contribution in [0.4, 0.5) is 5.13 Å². The molecular weight excluding hydrogens is 372 g/mol. The summed E-state index contributed by atoms with van der Waals surface area (Å²) in [5.74, 6) is 1.91. The average Bonchev–Trinajstić information content (AvgIpc) is 3.31. The van der Waals surface area contributed by atoms with Gasteiger partial charge in [-0.05, 0) is 31.0 Å². The van der Waals surface area contributed by atoms with Gasteiger partial charge >= 0.3 is 0 Å². The Morgan fingerprint density at radius 1 is 1.31 bits per heavy atom. The number of rotatable bonds is 9. The first-order valence-corrected chi connectivity index (χ1v) is 10.4. The number of fused-ring (bicyclic) bond motifs is 1. The normalized spacial score (nSPS) is 12.2. The molecule has 1 aromatic heterocycles. The van der Waals surface area contributed by atoms with Crippen LogP contribution in [0.2, 0.25) is 0 Å². The van der Waals surface area contributed by atoms with E-state index < -0.39 is 0 Å². The zero-order chi connectivity index (χ0) is 18.4. The summed E-state index contributed by atoms with van der Waals surface area (Å²) in [6.45, 7) is 6.40. The molecule has 26 heavy (non-hydrogen) atoms. The number of carbonyl (C=O) groups is 1. The van der Waals surface area contributed by atoms with Gasteiger partial charge in [0.1, 0.15) is 0 Å². The minimum absolute atomic E-state index is 0.0773. The Morgan fingerprint density at radius 2 is 2.15 bits per heavy atom. The second kappa shape index (κ2) is 9.09. The highest BCUT2D eigenvalue weighted by Crippen LogP contribution is 2.33. The highest BCUT2D eigenvalue weighted by molar-refractivity contribution is 8.01. The molecule has 0 spiro atoms. The summed E-state index contributed by atoms with van der Waals surface area (Å²) in [6.07, 6.45) is 1.03. The number of nitrogens with zero attached hydrogens (tertiary/aromatic N) is 3. The number of hydrogen-bond acceptors (Lipinski definition) is 8. The van der Waals surface area contributed by atoms with Crippen LogP contribution >= 0.6 is 23.1 Å². The number of carbonyl (C=O) groups excluding carboxylic acids is 1. The molecule has 1 aliphatic heterocycles. The molecule has 0 saturated heterocycles. The largest absolute Gasteiger partial charge is 0.454 e. The average molecular weight is 395 g/mol. The summed E-state index contributed by atoms with van der Waals surface area (Å²) in [5, 5.41) is 12.2. The van der Waals surface area contributed by atoms with E-state index in [1.54, 1.807) is 0 Å². The van der Waals surface area contributed by atoms with Crippen LogP contribution in [0, 0.1) is 0 Å². The molecule has 0 unspecified atom stereocenters. The topological polar surface area (TPSA) is 76.6 Å². The Hall–Kier alpha value is -2.00. The predicted molar refractivity (Wildman–Crippen MR) is 103 cm³/mol. The summed E-state index contributed by atoms with van der Waals surface area (Å²) >= 11 is 2.91. The monoisotopic (exact) mass is 394 g/mol. The molecule has 1 amide bonds. The first kappa shape index (κ1) is 18.8. The van der Waals surface area contributed by atoms with Gasteiger partial charge in [0.15, 0.2) is 15.8 Å². The number of thioether (sulfide) groups is 1. The minimum Gasteiger partial charge on any atom is -0.454 e. The zero-order valence-corrected chi connectivity index (χ0v) is 16.5. The molecule has 140 valence electrons. The lowest BCUT2D eigenvalue weighted by molar-refractivity contribution is -0.128. The van der Waals surface area contributed by atoms with Crippen molar-refractivity contribution in [2.24, 2.45) is 0 Å². The van der Waals surface area contributed by atoms with Gasteiger partial charge in [-0.15, -0.1) is 10.2 Å². The Kier molecular flexibility index (Phi) is 6.56. The van der Waals surface area contributed by atoms with Gasteiger partial charge in [0.05, 0.1) is 5.75 Å². The van der Waals surface area contributed by atoms with Crippen molar-refractivity contribution >= 4 is 34.1 Å². The number of hydrogen-bond donors (Lipinski definition) is 1. The molecule has 0 atom stereocenters. The van der Waals surface area contributed by atoms with E-state index in [1.165, 1.54) is 23.1 Å². The third kappa shape index (κ3) is 4.79. The van der Waals surface area contributed by atoms with Crippen LogP contribution in [0.15, 0.2) is 22.5 Å². The SMILES string of the molecule is CCCNc1nnc(SCC(=O)N(CC)Cc2ccc3c(c2)OCO3)s1. The molecule has 2 aromatic rings. The molecule has 1 N–H and O–H groups in total. The van der Waals surface area contributed by atoms with E-state index >= 15 is 0 Å². The van der Waals surface area contributed by atoms with Crippen LogP contribution in [0.5, 0.6) is 11.5 Å². The van der Waals surface area contributed by atoms with E-state index in [2.05, 4.69) is 22.4 Å². The highest BCUT2D eigenvalue weighted by Gasteiger charge is 2.17. The highest BCUT2D eigenvalue weighted by atomic mass is 32.2. The van der Waals surface area contributed by atoms with Crippen molar-refractivity contribution in [2.45, 2.75) is 31.2 Å². The molecule has 0 fully saturated rings. The van der Waals surface area contributed by atoms with Crippen molar-refractivity contribution in [2.75, 3.05) is 31.0 Å². The first-order valence-electron chi connectivity index (χ1n) is 8.56. The van der Waals surface area contributed by atoms with Gasteiger partial charge < -0.3 is 19.7 Å². The van der Waals surface area contributed by atoms with Crippen molar-refractivity contribution in [3.8, 4) is 11.5 Å². The lowest BCUT2D eigenvalue weighted by Crippen LogP contribution is -2.31. The maximum atomic E-state index is 12.6. The van der Waals surface area contributed by atoms with E-state index in [0.717, 1.165) is 39.5 Å². The van der Waals surface area contributed by atoms with Gasteiger partial charge in [0.2, 0.25) is 17.8 Å². The predicted octanol–water partition coefficient (Wildman–Crippen LogP) is 3.23. The van der Waals surface area contributed by atoms with Crippen LogP contribution in [-0.2, 0) is 11.3 Å². The molecule has 9 heteroatoms. The first-order chi connectivity index (χ1) is 12.7. The Morgan fingerprint density at radius 3 is 2.96 bits per heavy atom. The van der Waals surface area contributed by atoms with Gasteiger partial charge in [0, 0.05) is 19.6 Å². The van der Waals surface area contributed by atoms with Crippen molar-refractivity contribution in [1.29, 1.82) is 0 Å². The Bertz CT molecular complexity index is 753. The van der Waals surface area contributed by atoms with Crippen molar-refractivity contribution in [1.82, 2.24) is 15.1 Å². The molecule has 1 aliphatic rings. The number of nitrogens with one attached hydrogen (secondary N) is 1. The summed E-state index contributed by atoms with van der Waals surface area (Å²) < 4.78 is 11.5. The standard InChI is InChI=1S/C17H22N4O3S2/c1-3-7-18-16-19-20-17(26-16)25-10-15(22)21(4-2)9-12-5-6-13-14(8-12)24-11-23-13/h5-6,8H,3-4,7,9-11H2,1-2H3,(H,18,19). The minimum atomic E-state index is 0.0773. The van der Waals surface area contributed by atoms with Crippen molar-refractivity contribution in [3.63, 3.8) is 0 Å². The molecular formula is C17H22N4O3S2. The molecule has 7 nitrogen and oxygen atoms in total. The zero-order valence-electron chi connectivity index (χ0n) is 14.9. The molecule has 3 rings (SSSR count). The fraction of sp³-hybridized carbons (Fsp3) is 0.471. The quantitative estimate of drug-likeness (QED) is 0.654. The van der Waals surface area contributed by atoms with E-state index in [1.807, 2.05) is 30.0 Å². The number of aromatic nitrogens is 2. The third-order valence-electron chi connectivity index (χ3n) is 3.80. The second-order valence-corrected chi connectivity index (χ2v) is 7.88. The summed E-state index contributed by atoms with van der Waals surface area (Å²) in [7, 11) is 0. The van der Waals surface area contributed by atoms with Crippen LogP contribution in [-0.4, -0.2) is 46.6 Å². The fourth-order valence-corrected chi connectivity index (χ4v) is 4.10. The van der Waals surface area contributed by atoms with Crippen LogP contribution in [0.3, 0.4) is 0 Å². The Balaban J connectivity index is 1.53. The molecule has 1 aromatic carbocycles. The van der Waals surface area contributed by atoms with Crippen LogP contribution < -0.4 is 14.8 Å². The lowest BCUT2D eigenvalue weighted by atomic mass is 10.2. The van der Waals surface area contributed by atoms with Gasteiger partial charge in [0.25, 0.3) is 0 Å². The van der Waals surface area contributed by atoms with E-state index in [4.69, 9.17) is 9.47 Å². The summed E-state index contributed by atoms with van der Waals surface area (Å²) in [6, 6.07) is 5.78. The van der Waals surface area contributed by atoms with Crippen molar-refractivity contribution in [3.05, 3.63) is 23.8 Å². The van der Waals surface area contributed by atoms with Gasteiger partial charge in [-0.25, -0.2) is 0 Å². The molecule has 0 saturated carbocycles. The molecule has 0 radical (unpaired) electrons. The summed E-state index contributed by atoms with van der Waals surface area (Å²) in [4.78, 5) is 14.4. The number of anilines is 1. The number of amides is 1. The van der Waals surface area contributed by atoms with E-state index in [0.29, 0.717) is 18.8 Å². The Labute approximate surface area is 161 Å². The fourth-order valence-electron chi connectivity index (χ4n) is 2.42. The van der Waals surface area contributed by atoms with Gasteiger partial charge in [-0.2, -0.15) is 0 Å². The van der Waals surface area contributed by atoms with E-state index in [9.17, 15) is 4.79 Å². The van der Waals surface area contributed by atoms with Gasteiger partial charge in [-0.3, -0.25) is 4.79 Å². The van der Waals surface area contributed by atoms with Crippen LogP contribution in [0.25, 0.3) is 0 Å². The smallest absolute Gasteiger partial charge is 0.233 e. The molecule has 0 aliphatic carbocycles. The summed E-state index contributed by atoms with van der Waals surface area (Å²) in [5.41, 5.74) is 1.02. The third-order valence-corrected chi connectivity index (χ3v) is 5.80. The number of ether oxygens (including phenoxy) is 2. The maximum absolute atomic E-state index is 12.6. The van der Waals surface area contributed by atoms with Gasteiger partial charge in [-0.1, -0.05) is 36.1 Å².